The summed E-state index contributed by atoms with van der Waals surface area (Å²) in [6.45, 7) is 2.36. The molecule has 0 heterocycles. The minimum atomic E-state index is -1.00. The molecule has 0 aliphatic rings. The fraction of sp³-hybridized carbons (Fsp3) is 0.292. The van der Waals surface area contributed by atoms with Crippen molar-refractivity contribution in [2.24, 2.45) is 0 Å². The molecule has 31 heavy (non-hydrogen) atoms. The van der Waals surface area contributed by atoms with Gasteiger partial charge in [0.25, 0.3) is 0 Å². The van der Waals surface area contributed by atoms with Crippen molar-refractivity contribution in [1.29, 1.82) is 0 Å². The van der Waals surface area contributed by atoms with Crippen molar-refractivity contribution in [3.05, 3.63) is 64.7 Å². The van der Waals surface area contributed by atoms with Gasteiger partial charge in [-0.25, -0.2) is 4.79 Å². The van der Waals surface area contributed by atoms with Crippen molar-refractivity contribution >= 4 is 17.6 Å². The number of hydrogen-bond acceptors (Lipinski definition) is 5. The molecule has 164 valence electrons. The fourth-order valence-electron chi connectivity index (χ4n) is 2.67. The number of benzene rings is 2. The molecule has 7 heteroatoms. The number of carbonyl (C=O) groups is 1. The number of aliphatic carboxylic acids is 1. The molecule has 0 aliphatic heterocycles. The maximum Gasteiger partial charge on any atom is 0.333 e. The summed E-state index contributed by atoms with van der Waals surface area (Å²) in [4.78, 5) is 11.2. The van der Waals surface area contributed by atoms with E-state index in [-0.39, 0.29) is 13.0 Å². The van der Waals surface area contributed by atoms with Crippen molar-refractivity contribution in [1.82, 2.24) is 0 Å². The van der Waals surface area contributed by atoms with Gasteiger partial charge in [0.1, 0.15) is 23.9 Å². The van der Waals surface area contributed by atoms with E-state index in [0.29, 0.717) is 28.9 Å². The van der Waals surface area contributed by atoms with E-state index in [1.165, 1.54) is 0 Å². The lowest BCUT2D eigenvalue weighted by molar-refractivity contribution is -0.149. The topological polar surface area (TPSA) is 74.2 Å². The van der Waals surface area contributed by atoms with Crippen LogP contribution in [-0.2, 0) is 16.0 Å². The number of allylic oxidation sites excluding steroid dienone is 1. The first-order valence-corrected chi connectivity index (χ1v) is 9.99. The Kier molecular flexibility index (Phi) is 9.76. The first kappa shape index (κ1) is 24.1. The molecule has 0 aliphatic carbocycles. The largest absolute Gasteiger partial charge is 0.497 e. The molecular formula is C24H25ClO6. The molecule has 0 saturated carbocycles. The van der Waals surface area contributed by atoms with Crippen LogP contribution in [0.4, 0.5) is 0 Å². The zero-order valence-electron chi connectivity index (χ0n) is 17.7. The van der Waals surface area contributed by atoms with Crippen molar-refractivity contribution in [3.8, 4) is 29.1 Å². The van der Waals surface area contributed by atoms with Crippen LogP contribution in [0.25, 0.3) is 0 Å². The molecule has 1 atom stereocenters. The van der Waals surface area contributed by atoms with Crippen LogP contribution in [0.5, 0.6) is 17.2 Å². The molecule has 0 spiro atoms. The van der Waals surface area contributed by atoms with E-state index < -0.39 is 12.1 Å². The van der Waals surface area contributed by atoms with E-state index in [2.05, 4.69) is 11.8 Å². The van der Waals surface area contributed by atoms with E-state index >= 15 is 0 Å². The number of halogens is 1. The molecule has 0 unspecified atom stereocenters. The van der Waals surface area contributed by atoms with Crippen molar-refractivity contribution in [2.45, 2.75) is 19.4 Å². The van der Waals surface area contributed by atoms with Crippen LogP contribution in [0, 0.1) is 11.8 Å². The monoisotopic (exact) mass is 444 g/mol. The van der Waals surface area contributed by atoms with Crippen LogP contribution >= 0.6 is 11.6 Å². The zero-order valence-corrected chi connectivity index (χ0v) is 18.4. The molecule has 2 aromatic carbocycles. The lowest BCUT2D eigenvalue weighted by Gasteiger charge is -2.13. The average Bonchev–Trinajstić information content (AvgIpc) is 2.76. The second-order valence-corrected chi connectivity index (χ2v) is 6.74. The third kappa shape index (κ3) is 7.89. The number of carboxylic acid groups (broad SMARTS) is 1. The van der Waals surface area contributed by atoms with Crippen molar-refractivity contribution in [2.75, 3.05) is 27.4 Å². The van der Waals surface area contributed by atoms with E-state index in [0.717, 1.165) is 11.1 Å². The summed E-state index contributed by atoms with van der Waals surface area (Å²) < 4.78 is 21.3. The Morgan fingerprint density at radius 3 is 2.45 bits per heavy atom. The lowest BCUT2D eigenvalue weighted by atomic mass is 10.1. The summed E-state index contributed by atoms with van der Waals surface area (Å²) in [5.74, 6) is 6.79. The predicted octanol–water partition coefficient (Wildman–Crippen LogP) is 4.38. The van der Waals surface area contributed by atoms with Gasteiger partial charge in [-0.05, 0) is 48.9 Å². The van der Waals surface area contributed by atoms with Crippen LogP contribution in [0.1, 0.15) is 18.1 Å². The lowest BCUT2D eigenvalue weighted by Crippen LogP contribution is -2.26. The average molecular weight is 445 g/mol. The van der Waals surface area contributed by atoms with Crippen molar-refractivity contribution in [3.63, 3.8) is 0 Å². The predicted molar refractivity (Wildman–Crippen MR) is 119 cm³/mol. The van der Waals surface area contributed by atoms with Gasteiger partial charge in [-0.15, -0.1) is 0 Å². The molecule has 0 amide bonds. The highest BCUT2D eigenvalue weighted by Crippen LogP contribution is 2.26. The molecule has 0 aromatic heterocycles. The number of methoxy groups -OCH3 is 2. The Balaban J connectivity index is 1.92. The Hall–Kier alpha value is -3.14. The van der Waals surface area contributed by atoms with Crippen LogP contribution in [-0.4, -0.2) is 44.6 Å². The Labute approximate surface area is 187 Å². The molecule has 6 nitrogen and oxygen atoms in total. The highest BCUT2D eigenvalue weighted by Gasteiger charge is 2.18. The van der Waals surface area contributed by atoms with E-state index in [4.69, 9.17) is 30.5 Å². The molecule has 0 radical (unpaired) electrons. The van der Waals surface area contributed by atoms with Gasteiger partial charge >= 0.3 is 5.97 Å². The summed E-state index contributed by atoms with van der Waals surface area (Å²) >= 11 is 6.26. The number of carboxylic acids is 1. The van der Waals surface area contributed by atoms with Gasteiger partial charge in [0, 0.05) is 24.7 Å². The molecule has 1 N–H and O–H groups in total. The first-order valence-electron chi connectivity index (χ1n) is 9.62. The molecule has 0 fully saturated rings. The first-order chi connectivity index (χ1) is 15.0. The Morgan fingerprint density at radius 2 is 1.87 bits per heavy atom. The van der Waals surface area contributed by atoms with E-state index in [1.807, 2.05) is 12.1 Å². The fourth-order valence-corrected chi connectivity index (χ4v) is 2.93. The minimum Gasteiger partial charge on any atom is -0.497 e. The molecule has 2 aromatic rings. The van der Waals surface area contributed by atoms with Gasteiger partial charge in [0.05, 0.1) is 19.2 Å². The quantitative estimate of drug-likeness (QED) is 0.548. The number of ether oxygens (including phenoxy) is 4. The van der Waals surface area contributed by atoms with Gasteiger partial charge in [0.15, 0.2) is 6.10 Å². The maximum absolute atomic E-state index is 11.2. The van der Waals surface area contributed by atoms with E-state index in [1.54, 1.807) is 57.6 Å². The van der Waals surface area contributed by atoms with Crippen LogP contribution in [0.2, 0.25) is 5.02 Å². The second-order valence-electron chi connectivity index (χ2n) is 6.34. The normalized spacial score (nSPS) is 11.5. The maximum atomic E-state index is 11.2. The molecule has 0 bridgehead atoms. The summed E-state index contributed by atoms with van der Waals surface area (Å²) in [5.41, 5.74) is 1.53. The summed E-state index contributed by atoms with van der Waals surface area (Å²) in [6, 6.07) is 10.6. The Morgan fingerprint density at radius 1 is 1.16 bits per heavy atom. The third-order valence-electron chi connectivity index (χ3n) is 4.16. The van der Waals surface area contributed by atoms with Gasteiger partial charge in [-0.1, -0.05) is 29.5 Å². The van der Waals surface area contributed by atoms with Crippen LogP contribution < -0.4 is 14.2 Å². The summed E-state index contributed by atoms with van der Waals surface area (Å²) in [6.07, 6.45) is 2.78. The highest BCUT2D eigenvalue weighted by molar-refractivity contribution is 6.32. The smallest absolute Gasteiger partial charge is 0.333 e. The minimum absolute atomic E-state index is 0.230. The summed E-state index contributed by atoms with van der Waals surface area (Å²) in [5, 5.41) is 9.59. The number of hydrogen-bond donors (Lipinski definition) is 1. The van der Waals surface area contributed by atoms with Crippen LogP contribution in [0.3, 0.4) is 0 Å². The highest BCUT2D eigenvalue weighted by atomic mass is 35.5. The van der Waals surface area contributed by atoms with Crippen molar-refractivity contribution < 1.29 is 28.8 Å². The number of rotatable bonds is 10. The van der Waals surface area contributed by atoms with Gasteiger partial charge in [-0.3, -0.25) is 0 Å². The zero-order chi connectivity index (χ0) is 22.6. The molecule has 2 rings (SSSR count). The molecular weight excluding hydrogens is 420 g/mol. The van der Waals surface area contributed by atoms with Gasteiger partial charge in [0.2, 0.25) is 0 Å². The standard InChI is InChI=1S/C24H25ClO6/c1-4-30-23(24(26)27)15-18-9-10-22(21(25)14-18)31-11-7-5-6-8-17-12-19(28-2)16-20(13-17)29-3/h5,7,9-10,12-14,16,23H,4,11,15H2,1-3H3,(H,26,27)/t23-/m0/s1. The van der Waals surface area contributed by atoms with E-state index in [9.17, 15) is 9.90 Å². The van der Waals surface area contributed by atoms with Gasteiger partial charge < -0.3 is 24.1 Å². The second kappa shape index (κ2) is 12.5. The molecule has 0 saturated heterocycles. The third-order valence-corrected chi connectivity index (χ3v) is 4.46. The van der Waals surface area contributed by atoms with Gasteiger partial charge in [-0.2, -0.15) is 0 Å². The summed E-state index contributed by atoms with van der Waals surface area (Å²) in [7, 11) is 3.18. The van der Waals surface area contributed by atoms with Crippen LogP contribution in [0.15, 0.2) is 48.6 Å². The SMILES string of the molecule is CCO[C@@H](Cc1ccc(OCC=CC#Cc2cc(OC)cc(OC)c2)c(Cl)c1)C(=O)O. The Bertz CT molecular complexity index is 952.